The third-order valence-electron chi connectivity index (χ3n) is 8.18. The topological polar surface area (TPSA) is 86.2 Å². The Morgan fingerprint density at radius 3 is 2.52 bits per heavy atom. The summed E-state index contributed by atoms with van der Waals surface area (Å²) in [6.45, 7) is 15.3. The molecular formula is C25H34ClN7. The van der Waals surface area contributed by atoms with Gasteiger partial charge in [-0.05, 0) is 45.7 Å². The minimum atomic E-state index is 0.391. The quantitative estimate of drug-likeness (QED) is 0.456. The number of hydrogen-bond donors (Lipinski definition) is 3. The van der Waals surface area contributed by atoms with Crippen LogP contribution >= 0.6 is 11.6 Å². The fraction of sp³-hybridized carbons (Fsp3) is 0.520. The van der Waals surface area contributed by atoms with Crippen molar-refractivity contribution < 1.29 is 0 Å². The lowest BCUT2D eigenvalue weighted by molar-refractivity contribution is -0.0415. The van der Waals surface area contributed by atoms with Crippen molar-refractivity contribution >= 4 is 29.3 Å². The first-order chi connectivity index (χ1) is 15.8. The highest BCUT2D eigenvalue weighted by molar-refractivity contribution is 6.34. The molecule has 176 valence electrons. The van der Waals surface area contributed by atoms with E-state index in [1.54, 1.807) is 6.07 Å². The van der Waals surface area contributed by atoms with Crippen molar-refractivity contribution in [1.82, 2.24) is 20.0 Å². The molecule has 33 heavy (non-hydrogen) atoms. The average Bonchev–Trinajstić information content (AvgIpc) is 3.09. The molecule has 1 aliphatic carbocycles. The van der Waals surface area contributed by atoms with E-state index in [2.05, 4.69) is 47.1 Å². The number of nitrogens with two attached hydrogens (primary N) is 1. The van der Waals surface area contributed by atoms with Gasteiger partial charge in [0.1, 0.15) is 0 Å². The van der Waals surface area contributed by atoms with Gasteiger partial charge in [-0.25, -0.2) is 0 Å². The van der Waals surface area contributed by atoms with Crippen LogP contribution in [0, 0.1) is 17.7 Å². The lowest BCUT2D eigenvalue weighted by atomic mass is 9.57. The van der Waals surface area contributed by atoms with E-state index in [1.807, 2.05) is 6.07 Å². The normalized spacial score (nSPS) is 26.8. The van der Waals surface area contributed by atoms with Crippen LogP contribution < -0.4 is 16.0 Å². The van der Waals surface area contributed by atoms with Gasteiger partial charge in [0.25, 0.3) is 0 Å². The van der Waals surface area contributed by atoms with Crippen LogP contribution in [0.1, 0.15) is 44.0 Å². The fourth-order valence-electron chi connectivity index (χ4n) is 5.84. The Labute approximate surface area is 201 Å². The van der Waals surface area contributed by atoms with Crippen LogP contribution in [-0.4, -0.2) is 59.7 Å². The Hall–Kier alpha value is -2.51. The van der Waals surface area contributed by atoms with Gasteiger partial charge in [0.2, 0.25) is 0 Å². The van der Waals surface area contributed by atoms with Crippen LogP contribution in [0.5, 0.6) is 0 Å². The van der Waals surface area contributed by atoms with E-state index >= 15 is 0 Å². The zero-order valence-electron chi connectivity index (χ0n) is 19.8. The second-order valence-electron chi connectivity index (χ2n) is 10.0. The zero-order chi connectivity index (χ0) is 23.5. The summed E-state index contributed by atoms with van der Waals surface area (Å²) < 4.78 is 2.22. The summed E-state index contributed by atoms with van der Waals surface area (Å²) in [7, 11) is 0. The van der Waals surface area contributed by atoms with Crippen molar-refractivity contribution in [2.24, 2.45) is 5.41 Å². The van der Waals surface area contributed by atoms with Crippen molar-refractivity contribution in [1.29, 1.82) is 5.41 Å². The van der Waals surface area contributed by atoms with Gasteiger partial charge in [0, 0.05) is 89.2 Å². The summed E-state index contributed by atoms with van der Waals surface area (Å²) >= 11 is 6.75. The van der Waals surface area contributed by atoms with Crippen LogP contribution in [0.2, 0.25) is 5.02 Å². The molecule has 7 nitrogen and oxygen atoms in total. The summed E-state index contributed by atoms with van der Waals surface area (Å²) in [6, 6.07) is 4.57. The van der Waals surface area contributed by atoms with Crippen LogP contribution in [0.4, 0.5) is 11.5 Å². The summed E-state index contributed by atoms with van der Waals surface area (Å²) in [5.74, 6) is 0.949. The van der Waals surface area contributed by atoms with E-state index in [-0.39, 0.29) is 0 Å². The highest BCUT2D eigenvalue weighted by Gasteiger charge is 2.54. The molecule has 0 radical (unpaired) electrons. The molecule has 8 heteroatoms. The highest BCUT2D eigenvalue weighted by atomic mass is 35.5. The van der Waals surface area contributed by atoms with E-state index in [1.165, 1.54) is 6.21 Å². The summed E-state index contributed by atoms with van der Waals surface area (Å²) in [5, 5.41) is 17.4. The molecule has 5 rings (SSSR count). The SMILES string of the molecule is C=C(C)N1CCN(c2nn(C3CC4(CNC4C)C3)c(C)c2-c2c(Cl)ccc(N)c2C=N)CC1. The number of hydrogen-bond acceptors (Lipinski definition) is 6. The smallest absolute Gasteiger partial charge is 0.159 e. The summed E-state index contributed by atoms with van der Waals surface area (Å²) in [4.78, 5) is 4.67. The summed E-state index contributed by atoms with van der Waals surface area (Å²) in [6.07, 6.45) is 3.61. The number of anilines is 2. The number of rotatable bonds is 5. The number of nitrogen functional groups attached to an aromatic ring is 1. The Bertz CT molecular complexity index is 1110. The van der Waals surface area contributed by atoms with Crippen molar-refractivity contribution in [3.63, 3.8) is 0 Å². The van der Waals surface area contributed by atoms with Crippen LogP contribution in [0.15, 0.2) is 24.4 Å². The first kappa shape index (κ1) is 22.3. The first-order valence-corrected chi connectivity index (χ1v) is 12.2. The number of piperazine rings is 1. The van der Waals surface area contributed by atoms with Crippen molar-refractivity contribution in [2.75, 3.05) is 43.4 Å². The molecule has 2 aliphatic heterocycles. The van der Waals surface area contributed by atoms with Gasteiger partial charge in [0.05, 0.1) is 6.04 Å². The molecule has 1 unspecified atom stereocenters. The minimum absolute atomic E-state index is 0.391. The first-order valence-electron chi connectivity index (χ1n) is 11.8. The molecule has 3 heterocycles. The molecule has 2 saturated heterocycles. The second-order valence-corrected chi connectivity index (χ2v) is 10.4. The predicted molar refractivity (Wildman–Crippen MR) is 136 cm³/mol. The maximum absolute atomic E-state index is 8.05. The van der Waals surface area contributed by atoms with Crippen LogP contribution in [0.3, 0.4) is 0 Å². The Kier molecular flexibility index (Phi) is 5.45. The molecule has 1 saturated carbocycles. The van der Waals surface area contributed by atoms with E-state index in [0.717, 1.165) is 73.9 Å². The van der Waals surface area contributed by atoms with E-state index in [9.17, 15) is 0 Å². The fourth-order valence-corrected chi connectivity index (χ4v) is 6.10. The van der Waals surface area contributed by atoms with Crippen molar-refractivity contribution in [3.05, 3.63) is 40.7 Å². The lowest BCUT2D eigenvalue weighted by Crippen LogP contribution is -2.66. The molecule has 0 bridgehead atoms. The Balaban J connectivity index is 1.58. The molecule has 3 fully saturated rings. The Morgan fingerprint density at radius 1 is 1.27 bits per heavy atom. The number of benzene rings is 1. The third kappa shape index (κ3) is 3.44. The molecular weight excluding hydrogens is 434 g/mol. The predicted octanol–water partition coefficient (Wildman–Crippen LogP) is 4.06. The largest absolute Gasteiger partial charge is 0.398 e. The number of aromatic nitrogens is 2. The van der Waals surface area contributed by atoms with E-state index < -0.39 is 0 Å². The Morgan fingerprint density at radius 2 is 1.97 bits per heavy atom. The van der Waals surface area contributed by atoms with Gasteiger partial charge in [0.15, 0.2) is 5.82 Å². The van der Waals surface area contributed by atoms with Crippen LogP contribution in [0.25, 0.3) is 11.1 Å². The minimum Gasteiger partial charge on any atom is -0.398 e. The van der Waals surface area contributed by atoms with Gasteiger partial charge >= 0.3 is 0 Å². The van der Waals surface area contributed by atoms with E-state index in [0.29, 0.717) is 33.8 Å². The highest BCUT2D eigenvalue weighted by Crippen LogP contribution is 2.55. The van der Waals surface area contributed by atoms with Crippen molar-refractivity contribution in [3.8, 4) is 11.1 Å². The maximum Gasteiger partial charge on any atom is 0.159 e. The van der Waals surface area contributed by atoms with Gasteiger partial charge < -0.3 is 26.3 Å². The number of allylic oxidation sites excluding steroid dienone is 1. The van der Waals surface area contributed by atoms with Crippen molar-refractivity contribution in [2.45, 2.75) is 45.7 Å². The molecule has 1 aromatic heterocycles. The zero-order valence-corrected chi connectivity index (χ0v) is 20.5. The number of nitrogens with zero attached hydrogens (tertiary/aromatic N) is 4. The number of nitrogens with one attached hydrogen (secondary N) is 2. The third-order valence-corrected chi connectivity index (χ3v) is 8.50. The second kappa shape index (κ2) is 8.06. The molecule has 1 aromatic carbocycles. The molecule has 4 N–H and O–H groups in total. The molecule has 1 atom stereocenters. The summed E-state index contributed by atoms with van der Waals surface area (Å²) in [5.41, 5.74) is 11.9. The van der Waals surface area contributed by atoms with E-state index in [4.69, 9.17) is 27.8 Å². The van der Waals surface area contributed by atoms with Gasteiger partial charge in [-0.3, -0.25) is 4.68 Å². The molecule has 0 amide bonds. The standard InChI is InChI=1S/C25H34ClN7/c1-15(2)31-7-9-32(10-8-31)24-22(23-19(13-27)21(28)6-5-20(23)26)16(3)33(30-24)18-11-25(12-18)14-29-17(25)4/h5-6,13,17-18,27,29H,1,7-12,14,28H2,2-4H3. The lowest BCUT2D eigenvalue weighted by Gasteiger charge is -2.59. The molecule has 2 aromatic rings. The van der Waals surface area contributed by atoms with Gasteiger partial charge in [-0.15, -0.1) is 0 Å². The average molecular weight is 468 g/mol. The number of halogens is 1. The van der Waals surface area contributed by atoms with Gasteiger partial charge in [-0.2, -0.15) is 5.10 Å². The molecule has 1 spiro atoms. The van der Waals surface area contributed by atoms with Gasteiger partial charge in [-0.1, -0.05) is 18.2 Å². The molecule has 3 aliphatic rings. The maximum atomic E-state index is 8.05. The monoisotopic (exact) mass is 467 g/mol. The van der Waals surface area contributed by atoms with Crippen LogP contribution in [-0.2, 0) is 0 Å².